The highest BCUT2D eigenvalue weighted by atomic mass is 33.1. The third-order valence-corrected chi connectivity index (χ3v) is 13.4. The molecule has 0 saturated heterocycles. The summed E-state index contributed by atoms with van der Waals surface area (Å²) >= 11 is 4.27. The third kappa shape index (κ3) is 21.5. The fourth-order valence-electron chi connectivity index (χ4n) is 6.84. The molecule has 0 aliphatic heterocycles. The van der Waals surface area contributed by atoms with E-state index in [1.807, 2.05) is 48.5 Å². The van der Waals surface area contributed by atoms with Gasteiger partial charge in [0, 0.05) is 72.2 Å². The molecule has 72 heavy (non-hydrogen) atoms. The fourth-order valence-corrected chi connectivity index (χ4v) is 9.46. The first-order valence-corrected chi connectivity index (χ1v) is 26.5. The molecule has 15 nitrogen and oxygen atoms in total. The number of carbonyl (C=O) groups is 6. The summed E-state index contributed by atoms with van der Waals surface area (Å²) in [6.07, 6.45) is 18.2. The number of hydrogen-bond acceptors (Lipinski definition) is 12. The maximum absolute atomic E-state index is 13.0. The lowest BCUT2D eigenvalue weighted by atomic mass is 10.1. The van der Waals surface area contributed by atoms with Gasteiger partial charge in [0.1, 0.15) is 0 Å². The minimum absolute atomic E-state index is 0.0176. The second-order valence-corrected chi connectivity index (χ2v) is 18.9. The number of aromatic nitrogens is 3. The van der Waals surface area contributed by atoms with Gasteiger partial charge in [-0.25, -0.2) is 0 Å². The van der Waals surface area contributed by atoms with Crippen molar-refractivity contribution in [2.24, 2.45) is 0 Å². The van der Waals surface area contributed by atoms with Crippen LogP contribution < -0.4 is 31.9 Å². The fraction of sp³-hybridized carbons (Fsp3) is 0.278. The van der Waals surface area contributed by atoms with E-state index in [1.165, 1.54) is 21.6 Å². The van der Waals surface area contributed by atoms with E-state index in [-0.39, 0.29) is 35.4 Å². The van der Waals surface area contributed by atoms with Crippen LogP contribution in [0.25, 0.3) is 0 Å². The molecule has 6 amide bonds. The van der Waals surface area contributed by atoms with Gasteiger partial charge in [0.25, 0.3) is 17.7 Å². The largest absolute Gasteiger partial charge is 0.352 e. The van der Waals surface area contributed by atoms with Gasteiger partial charge in [-0.15, -0.1) is 12.6 Å². The van der Waals surface area contributed by atoms with Gasteiger partial charge in [0.15, 0.2) is 0 Å². The molecule has 0 unspecified atom stereocenters. The number of nitrogens with zero attached hydrogens (tertiary/aromatic N) is 3. The number of carbonyl (C=O) groups excluding carboxylic acids is 6. The lowest BCUT2D eigenvalue weighted by molar-refractivity contribution is -0.117. The molecule has 3 heterocycles. The molecule has 0 saturated carbocycles. The molecule has 6 aromatic rings. The van der Waals surface area contributed by atoms with Crippen molar-refractivity contribution < 1.29 is 28.8 Å². The predicted octanol–water partition coefficient (Wildman–Crippen LogP) is 10.4. The van der Waals surface area contributed by atoms with Crippen LogP contribution in [0.15, 0.2) is 161 Å². The molecule has 0 aliphatic rings. The summed E-state index contributed by atoms with van der Waals surface area (Å²) in [5.74, 6) is -0.552. The standard InChI is InChI=1S/C36H40N6O4S2.C18H21N3O2S/c43-33(41-27-13-11-21-37-25-27)19-3-1-9-23-39-35(45)29-15-5-7-17-31(29)47-48-32-18-8-6-16-30(32)36(46)40-24-10-2-4-20-34(44)42-28-14-12-22-38-26-28;22-17(21-14-7-6-11-19-13-14)10-2-1-5-12-20-18(23)15-8-3-4-9-16(15)24/h5-8,11-18,21-22,25-26H,1-4,9-10,19-20,23-24H2,(H,39,45)(H,40,46)(H,41,43)(H,42,44);3-4,6-9,11,13,24H,1-2,5,10,12H2,(H,20,23)(H,21,22). The van der Waals surface area contributed by atoms with E-state index in [1.54, 1.807) is 97.8 Å². The van der Waals surface area contributed by atoms with Crippen LogP contribution in [0.3, 0.4) is 0 Å². The first kappa shape index (κ1) is 55.9. The van der Waals surface area contributed by atoms with Crippen LogP contribution in [0.4, 0.5) is 17.1 Å². The lowest BCUT2D eigenvalue weighted by Crippen LogP contribution is -2.25. The highest BCUT2D eigenvalue weighted by molar-refractivity contribution is 8.76. The molecular formula is C54H61N9O6S3. The van der Waals surface area contributed by atoms with Gasteiger partial charge in [-0.05, 0) is 111 Å². The van der Waals surface area contributed by atoms with Crippen LogP contribution in [-0.4, -0.2) is 70.0 Å². The van der Waals surface area contributed by atoms with Gasteiger partial charge < -0.3 is 31.9 Å². The monoisotopic (exact) mass is 1030 g/mol. The number of amides is 6. The molecule has 0 atom stereocenters. The molecule has 0 aliphatic carbocycles. The maximum Gasteiger partial charge on any atom is 0.252 e. The van der Waals surface area contributed by atoms with Gasteiger partial charge in [-0.1, -0.05) is 77.2 Å². The average molecular weight is 1030 g/mol. The summed E-state index contributed by atoms with van der Waals surface area (Å²) in [5, 5.41) is 17.3. The number of pyridine rings is 3. The van der Waals surface area contributed by atoms with Gasteiger partial charge in [0.2, 0.25) is 17.7 Å². The van der Waals surface area contributed by atoms with Gasteiger partial charge in [0.05, 0.1) is 52.3 Å². The molecule has 6 N–H and O–H groups in total. The SMILES string of the molecule is O=C(CCCCCNC(=O)c1ccccc1S)Nc1cccnc1.O=C(CCCCCNC(=O)c1ccccc1SSc1ccccc1C(=O)NCCCCCC(=O)Nc1cccnc1)Nc1cccnc1. The molecule has 0 bridgehead atoms. The van der Waals surface area contributed by atoms with E-state index in [4.69, 9.17) is 0 Å². The highest BCUT2D eigenvalue weighted by Crippen LogP contribution is 2.40. The van der Waals surface area contributed by atoms with Crippen molar-refractivity contribution in [1.29, 1.82) is 0 Å². The number of hydrogen-bond donors (Lipinski definition) is 7. The summed E-state index contributed by atoms with van der Waals surface area (Å²) < 4.78 is 0. The molecule has 3 aromatic carbocycles. The van der Waals surface area contributed by atoms with Crippen LogP contribution in [0, 0.1) is 0 Å². The van der Waals surface area contributed by atoms with Crippen molar-refractivity contribution >= 4 is 86.7 Å². The number of nitrogens with one attached hydrogen (secondary N) is 6. The Morgan fingerprint density at radius 1 is 0.389 bits per heavy atom. The zero-order valence-corrected chi connectivity index (χ0v) is 42.5. The molecular weight excluding hydrogens is 967 g/mol. The number of benzene rings is 3. The molecule has 18 heteroatoms. The Morgan fingerprint density at radius 2 is 0.722 bits per heavy atom. The summed E-state index contributed by atoms with van der Waals surface area (Å²) in [4.78, 5) is 88.2. The van der Waals surface area contributed by atoms with Crippen molar-refractivity contribution in [2.45, 2.75) is 91.7 Å². The molecule has 3 aromatic heterocycles. The second-order valence-electron chi connectivity index (χ2n) is 16.2. The zero-order valence-electron chi connectivity index (χ0n) is 40.0. The van der Waals surface area contributed by atoms with E-state index in [9.17, 15) is 28.8 Å². The minimum Gasteiger partial charge on any atom is -0.352 e. The van der Waals surface area contributed by atoms with Crippen LogP contribution in [-0.2, 0) is 14.4 Å². The van der Waals surface area contributed by atoms with Crippen LogP contribution in [0.1, 0.15) is 108 Å². The van der Waals surface area contributed by atoms with Gasteiger partial charge in [-0.2, -0.15) is 0 Å². The Bertz CT molecular complexity index is 2510. The Labute approximate surface area is 434 Å². The zero-order chi connectivity index (χ0) is 51.0. The smallest absolute Gasteiger partial charge is 0.252 e. The summed E-state index contributed by atoms with van der Waals surface area (Å²) in [6.45, 7) is 1.61. The van der Waals surface area contributed by atoms with Crippen LogP contribution in [0.2, 0.25) is 0 Å². The van der Waals surface area contributed by atoms with Crippen molar-refractivity contribution in [2.75, 3.05) is 35.6 Å². The first-order valence-electron chi connectivity index (χ1n) is 23.9. The summed E-state index contributed by atoms with van der Waals surface area (Å²) in [5.41, 5.74) is 3.79. The van der Waals surface area contributed by atoms with Crippen molar-refractivity contribution in [3.63, 3.8) is 0 Å². The van der Waals surface area contributed by atoms with E-state index < -0.39 is 0 Å². The topological polar surface area (TPSA) is 213 Å². The Balaban J connectivity index is 0.000000335. The Hall–Kier alpha value is -7.02. The number of unbranched alkanes of at least 4 members (excludes halogenated alkanes) is 6. The predicted molar refractivity (Wildman–Crippen MR) is 289 cm³/mol. The maximum atomic E-state index is 13.0. The van der Waals surface area contributed by atoms with E-state index in [0.29, 0.717) is 77.5 Å². The highest BCUT2D eigenvalue weighted by Gasteiger charge is 2.16. The van der Waals surface area contributed by atoms with Gasteiger partial charge >= 0.3 is 0 Å². The third-order valence-electron chi connectivity index (χ3n) is 10.6. The molecule has 6 rings (SSSR count). The molecule has 0 fully saturated rings. The number of anilines is 3. The second kappa shape index (κ2) is 32.8. The lowest BCUT2D eigenvalue weighted by Gasteiger charge is -2.12. The molecule has 376 valence electrons. The van der Waals surface area contributed by atoms with Crippen LogP contribution in [0.5, 0.6) is 0 Å². The number of rotatable bonds is 27. The molecule has 0 radical (unpaired) electrons. The molecule has 0 spiro atoms. The van der Waals surface area contributed by atoms with Gasteiger partial charge in [-0.3, -0.25) is 43.7 Å². The minimum atomic E-state index is -0.159. The summed E-state index contributed by atoms with van der Waals surface area (Å²) in [7, 11) is 2.87. The van der Waals surface area contributed by atoms with Crippen molar-refractivity contribution in [3.05, 3.63) is 163 Å². The Morgan fingerprint density at radius 3 is 1.07 bits per heavy atom. The quantitative estimate of drug-likeness (QED) is 0.0146. The van der Waals surface area contributed by atoms with E-state index >= 15 is 0 Å². The summed E-state index contributed by atoms with van der Waals surface area (Å²) in [6, 6.07) is 32.7. The van der Waals surface area contributed by atoms with Crippen LogP contribution >= 0.6 is 34.2 Å². The average Bonchev–Trinajstić information content (AvgIpc) is 3.40. The Kier molecular flexibility index (Phi) is 25.5. The van der Waals surface area contributed by atoms with Crippen molar-refractivity contribution in [3.8, 4) is 0 Å². The first-order chi connectivity index (χ1) is 35.2. The normalized spacial score (nSPS) is 10.5. The van der Waals surface area contributed by atoms with Crippen molar-refractivity contribution in [1.82, 2.24) is 30.9 Å². The number of thiol groups is 1. The van der Waals surface area contributed by atoms with E-state index in [2.05, 4.69) is 59.5 Å². The van der Waals surface area contributed by atoms with E-state index in [0.717, 1.165) is 67.6 Å².